The monoisotopic (exact) mass is 652 g/mol. The number of benzene rings is 3. The van der Waals surface area contributed by atoms with Crippen molar-refractivity contribution in [1.29, 1.82) is 0 Å². The van der Waals surface area contributed by atoms with Gasteiger partial charge in [0.15, 0.2) is 5.82 Å². The number of hydrogen-bond acceptors (Lipinski definition) is 9. The zero-order valence-electron chi connectivity index (χ0n) is 26.6. The number of anilines is 1. The minimum Gasteiger partial charge on any atom is -0.508 e. The van der Waals surface area contributed by atoms with Crippen molar-refractivity contribution in [2.45, 2.75) is 44.5 Å². The molecule has 3 saturated heterocycles. The average Bonchev–Trinajstić information content (AvgIpc) is 3.65. The van der Waals surface area contributed by atoms with Crippen LogP contribution in [0.15, 0.2) is 63.8 Å². The van der Waals surface area contributed by atoms with E-state index in [1.54, 1.807) is 6.92 Å². The van der Waals surface area contributed by atoms with E-state index in [9.17, 15) is 18.7 Å². The first-order chi connectivity index (χ1) is 23.2. The Balaban J connectivity index is 0.000000347. The second kappa shape index (κ2) is 12.8. The molecule has 0 bridgehead atoms. The zero-order valence-corrected chi connectivity index (χ0v) is 26.6. The molecule has 2 atom stereocenters. The van der Waals surface area contributed by atoms with Gasteiger partial charge in [0.05, 0.1) is 31.3 Å². The molecule has 3 aliphatic rings. The minimum atomic E-state index is -0.689. The highest BCUT2D eigenvalue weighted by molar-refractivity contribution is 6.03. The molecule has 9 nitrogen and oxygen atoms in total. The van der Waals surface area contributed by atoms with Crippen molar-refractivity contribution in [2.75, 3.05) is 38.2 Å². The Kier molecular flexibility index (Phi) is 8.35. The molecule has 246 valence electrons. The van der Waals surface area contributed by atoms with Crippen LogP contribution < -0.4 is 20.0 Å². The normalized spacial score (nSPS) is 19.0. The van der Waals surface area contributed by atoms with E-state index in [0.29, 0.717) is 53.3 Å². The number of fused-ring (bicyclic) bond motifs is 3. The van der Waals surface area contributed by atoms with E-state index in [-0.39, 0.29) is 40.1 Å². The number of aromatic nitrogens is 2. The molecule has 0 radical (unpaired) electrons. The minimum absolute atomic E-state index is 0.00404. The van der Waals surface area contributed by atoms with Crippen LogP contribution in [0.4, 0.5) is 14.6 Å². The van der Waals surface area contributed by atoms with Crippen LogP contribution in [0.25, 0.3) is 33.0 Å². The summed E-state index contributed by atoms with van der Waals surface area (Å²) in [5.74, 6) is 2.91. The van der Waals surface area contributed by atoms with E-state index in [0.717, 1.165) is 18.7 Å². The van der Waals surface area contributed by atoms with Crippen molar-refractivity contribution >= 4 is 27.5 Å². The number of ether oxygens (including phenoxy) is 2. The SMILES string of the molecule is C#Cc1c(F)ccc2cc(O)cc(-c3oc(=O)c4c(N5CC(Oc6ccccc6)C5)nc(OC)nc4c3C)c12.FC1CC2CCCN2C1. The zero-order chi connectivity index (χ0) is 33.5. The second-order valence-corrected chi connectivity index (χ2v) is 12.3. The quantitative estimate of drug-likeness (QED) is 0.229. The van der Waals surface area contributed by atoms with Crippen LogP contribution in [0.3, 0.4) is 0 Å². The number of nitrogens with zero attached hydrogens (tertiary/aromatic N) is 4. The van der Waals surface area contributed by atoms with Gasteiger partial charge in [-0.15, -0.1) is 6.42 Å². The summed E-state index contributed by atoms with van der Waals surface area (Å²) in [5.41, 5.74) is 0.365. The first-order valence-corrected chi connectivity index (χ1v) is 15.9. The van der Waals surface area contributed by atoms with Gasteiger partial charge in [-0.25, -0.2) is 13.6 Å². The van der Waals surface area contributed by atoms with Crippen molar-refractivity contribution in [3.05, 3.63) is 82.0 Å². The lowest BCUT2D eigenvalue weighted by Gasteiger charge is -2.40. The number of phenolic OH excluding ortho intramolecular Hbond substituents is 1. The molecule has 2 unspecified atom stereocenters. The standard InChI is InChI=1S/C30H22FN3O5.C7H12FN/c1-4-21-23(31)11-10-17-12-18(35)13-22(24(17)21)27-16(2)26-25(29(36)39-27)28(33-30(32-26)37-3)34-14-20(15-34)38-19-8-6-5-7-9-19;8-6-4-7-2-1-3-9(7)5-6/h1,5-13,20,35H,14-15H2,2-3H3;6-7H,1-5H2. The third-order valence-electron chi connectivity index (χ3n) is 9.24. The van der Waals surface area contributed by atoms with Gasteiger partial charge in [-0.3, -0.25) is 4.90 Å². The molecule has 0 aliphatic carbocycles. The maximum absolute atomic E-state index is 14.7. The number of hydrogen-bond donors (Lipinski definition) is 1. The molecule has 2 aromatic heterocycles. The summed E-state index contributed by atoms with van der Waals surface area (Å²) in [7, 11) is 1.44. The van der Waals surface area contributed by atoms with E-state index in [4.69, 9.17) is 20.3 Å². The van der Waals surface area contributed by atoms with Gasteiger partial charge in [0.25, 0.3) is 0 Å². The summed E-state index contributed by atoms with van der Waals surface area (Å²) in [6.07, 6.45) is 8.36. The van der Waals surface area contributed by atoms with E-state index >= 15 is 0 Å². The lowest BCUT2D eigenvalue weighted by Crippen LogP contribution is -2.54. The molecule has 48 heavy (non-hydrogen) atoms. The maximum Gasteiger partial charge on any atom is 0.349 e. The summed E-state index contributed by atoms with van der Waals surface area (Å²) in [6.45, 7) is 4.56. The topological polar surface area (TPSA) is 101 Å². The Morgan fingerprint density at radius 1 is 1.08 bits per heavy atom. The number of terminal acetylenes is 1. The van der Waals surface area contributed by atoms with Gasteiger partial charge < -0.3 is 23.9 Å². The molecule has 1 N–H and O–H groups in total. The molecular formula is C37H34F2N4O5. The highest BCUT2D eigenvalue weighted by atomic mass is 19.1. The van der Waals surface area contributed by atoms with Crippen LogP contribution in [0, 0.1) is 25.1 Å². The number of halogens is 2. The number of rotatable bonds is 5. The average molecular weight is 653 g/mol. The number of para-hydroxylation sites is 1. The summed E-state index contributed by atoms with van der Waals surface area (Å²) in [5, 5.41) is 11.4. The van der Waals surface area contributed by atoms with E-state index < -0.39 is 17.6 Å². The molecular weight excluding hydrogens is 618 g/mol. The van der Waals surface area contributed by atoms with Crippen LogP contribution in [0.1, 0.15) is 30.4 Å². The van der Waals surface area contributed by atoms with Gasteiger partial charge in [-0.05, 0) is 68.4 Å². The van der Waals surface area contributed by atoms with Crippen LogP contribution in [-0.2, 0) is 0 Å². The van der Waals surface area contributed by atoms with Crippen LogP contribution in [-0.4, -0.2) is 71.6 Å². The van der Waals surface area contributed by atoms with E-state index in [1.165, 1.54) is 44.2 Å². The lowest BCUT2D eigenvalue weighted by atomic mass is 9.95. The highest BCUT2D eigenvalue weighted by Gasteiger charge is 2.35. The van der Waals surface area contributed by atoms with Gasteiger partial charge in [-0.1, -0.05) is 30.2 Å². The van der Waals surface area contributed by atoms with Crippen molar-refractivity contribution < 1.29 is 27.8 Å². The molecule has 5 aromatic rings. The van der Waals surface area contributed by atoms with Crippen LogP contribution in [0.5, 0.6) is 17.5 Å². The van der Waals surface area contributed by atoms with E-state index in [1.807, 2.05) is 35.2 Å². The molecule has 0 amide bonds. The highest BCUT2D eigenvalue weighted by Crippen LogP contribution is 2.39. The van der Waals surface area contributed by atoms with Gasteiger partial charge in [0, 0.05) is 29.1 Å². The van der Waals surface area contributed by atoms with Crippen molar-refractivity contribution in [1.82, 2.24) is 14.9 Å². The van der Waals surface area contributed by atoms with Gasteiger partial charge >= 0.3 is 11.6 Å². The largest absolute Gasteiger partial charge is 0.508 e. The van der Waals surface area contributed by atoms with Crippen LogP contribution in [0.2, 0.25) is 0 Å². The molecule has 3 aliphatic heterocycles. The van der Waals surface area contributed by atoms with Gasteiger partial charge in [0.2, 0.25) is 0 Å². The summed E-state index contributed by atoms with van der Waals surface area (Å²) < 4.78 is 44.4. The van der Waals surface area contributed by atoms with Crippen LogP contribution >= 0.6 is 0 Å². The second-order valence-electron chi connectivity index (χ2n) is 12.3. The lowest BCUT2D eigenvalue weighted by molar-refractivity contribution is 0.167. The van der Waals surface area contributed by atoms with E-state index in [2.05, 4.69) is 20.8 Å². The molecule has 3 aromatic carbocycles. The van der Waals surface area contributed by atoms with Gasteiger partial charge in [0.1, 0.15) is 40.7 Å². The Labute approximate surface area is 275 Å². The Morgan fingerprint density at radius 3 is 2.60 bits per heavy atom. The number of aromatic hydroxyl groups is 1. The molecule has 8 rings (SSSR count). The predicted molar refractivity (Wildman–Crippen MR) is 179 cm³/mol. The number of aryl methyl sites for hydroxylation is 1. The molecule has 0 saturated carbocycles. The fraction of sp³-hybridized carbons (Fsp3) is 0.324. The third-order valence-corrected chi connectivity index (χ3v) is 9.24. The number of methoxy groups -OCH3 is 1. The Hall–Kier alpha value is -5.21. The molecule has 11 heteroatoms. The fourth-order valence-corrected chi connectivity index (χ4v) is 6.94. The molecule has 3 fully saturated rings. The first kappa shape index (κ1) is 31.4. The smallest absolute Gasteiger partial charge is 0.349 e. The number of phenols is 1. The van der Waals surface area contributed by atoms with Crippen molar-refractivity contribution in [3.8, 4) is 41.2 Å². The van der Waals surface area contributed by atoms with Crippen molar-refractivity contribution in [3.63, 3.8) is 0 Å². The summed E-state index contributed by atoms with van der Waals surface area (Å²) >= 11 is 0. The Morgan fingerprint density at radius 2 is 1.88 bits per heavy atom. The Bertz CT molecular complexity index is 2100. The van der Waals surface area contributed by atoms with Gasteiger partial charge in [-0.2, -0.15) is 9.97 Å². The molecule has 5 heterocycles. The first-order valence-electron chi connectivity index (χ1n) is 15.9. The fourth-order valence-electron chi connectivity index (χ4n) is 6.94. The third kappa shape index (κ3) is 5.77. The predicted octanol–water partition coefficient (Wildman–Crippen LogP) is 6.01. The number of alkyl halides is 1. The van der Waals surface area contributed by atoms with Crippen molar-refractivity contribution in [2.24, 2.45) is 0 Å². The summed E-state index contributed by atoms with van der Waals surface area (Å²) in [6, 6.07) is 15.8. The maximum atomic E-state index is 14.7. The molecule has 0 spiro atoms. The summed E-state index contributed by atoms with van der Waals surface area (Å²) in [4.78, 5) is 26.6.